The number of hydrogen-bond donors (Lipinski definition) is 2. The molecule has 2 N–H and O–H groups in total. The molecule has 27 heavy (non-hydrogen) atoms. The molecule has 1 aliphatic rings. The molecular formula is C23H18N2O2. The van der Waals surface area contributed by atoms with Gasteiger partial charge >= 0.3 is 0 Å². The van der Waals surface area contributed by atoms with Gasteiger partial charge in [-0.3, -0.25) is 4.79 Å². The van der Waals surface area contributed by atoms with Crippen LogP contribution >= 0.6 is 0 Å². The third kappa shape index (κ3) is 3.37. The minimum atomic E-state index is -0.163. The fourth-order valence-electron chi connectivity index (χ4n) is 3.06. The van der Waals surface area contributed by atoms with Crippen molar-refractivity contribution in [2.45, 2.75) is 6.92 Å². The van der Waals surface area contributed by atoms with E-state index in [4.69, 9.17) is 0 Å². The second-order valence-corrected chi connectivity index (χ2v) is 6.41. The number of rotatable bonds is 3. The largest absolute Gasteiger partial charge is 0.506 e. The van der Waals surface area contributed by atoms with Gasteiger partial charge in [-0.2, -0.15) is 0 Å². The Kier molecular flexibility index (Phi) is 4.30. The highest BCUT2D eigenvalue weighted by atomic mass is 16.3. The molecule has 0 aliphatic heterocycles. The average Bonchev–Trinajstić information content (AvgIpc) is 2.68. The van der Waals surface area contributed by atoms with E-state index in [-0.39, 0.29) is 17.2 Å². The smallest absolute Gasteiger partial charge is 0.212 e. The summed E-state index contributed by atoms with van der Waals surface area (Å²) < 4.78 is 0. The van der Waals surface area contributed by atoms with Crippen molar-refractivity contribution in [1.82, 2.24) is 0 Å². The van der Waals surface area contributed by atoms with E-state index in [0.29, 0.717) is 11.3 Å². The second-order valence-electron chi connectivity index (χ2n) is 6.41. The van der Waals surface area contributed by atoms with Gasteiger partial charge in [0.05, 0.1) is 0 Å². The molecule has 0 atom stereocenters. The maximum atomic E-state index is 12.9. The van der Waals surface area contributed by atoms with Crippen LogP contribution in [0.2, 0.25) is 0 Å². The zero-order valence-corrected chi connectivity index (χ0v) is 14.8. The number of aryl methyl sites for hydroxylation is 1. The highest BCUT2D eigenvalue weighted by molar-refractivity contribution is 6.53. The molecule has 0 radical (unpaired) electrons. The molecule has 4 rings (SSSR count). The van der Waals surface area contributed by atoms with Crippen molar-refractivity contribution in [3.8, 4) is 5.75 Å². The van der Waals surface area contributed by atoms with Crippen LogP contribution in [0.4, 0.5) is 11.4 Å². The van der Waals surface area contributed by atoms with Gasteiger partial charge in [0, 0.05) is 22.5 Å². The third-order valence-electron chi connectivity index (χ3n) is 4.40. The molecule has 0 aromatic heterocycles. The molecule has 4 nitrogen and oxygen atoms in total. The summed E-state index contributed by atoms with van der Waals surface area (Å²) in [7, 11) is 0. The lowest BCUT2D eigenvalue weighted by Crippen LogP contribution is -2.21. The lowest BCUT2D eigenvalue weighted by Gasteiger charge is -2.19. The van der Waals surface area contributed by atoms with E-state index in [1.54, 1.807) is 24.3 Å². The van der Waals surface area contributed by atoms with Crippen molar-refractivity contribution < 1.29 is 9.90 Å². The fourth-order valence-corrected chi connectivity index (χ4v) is 3.06. The molecule has 0 fully saturated rings. The van der Waals surface area contributed by atoms with Crippen LogP contribution in [0.25, 0.3) is 5.70 Å². The number of aromatic hydroxyl groups is 1. The van der Waals surface area contributed by atoms with E-state index < -0.39 is 0 Å². The average molecular weight is 354 g/mol. The van der Waals surface area contributed by atoms with Crippen LogP contribution in [-0.4, -0.2) is 16.6 Å². The summed E-state index contributed by atoms with van der Waals surface area (Å²) >= 11 is 0. The molecule has 0 heterocycles. The first-order valence-corrected chi connectivity index (χ1v) is 8.68. The molecule has 0 saturated carbocycles. The normalized spacial score (nSPS) is 14.6. The number of phenols is 1. The van der Waals surface area contributed by atoms with Crippen molar-refractivity contribution in [3.05, 3.63) is 95.6 Å². The van der Waals surface area contributed by atoms with Crippen LogP contribution in [0.5, 0.6) is 5.75 Å². The van der Waals surface area contributed by atoms with Crippen molar-refractivity contribution in [1.29, 1.82) is 0 Å². The molecule has 4 heteroatoms. The Morgan fingerprint density at radius 2 is 1.59 bits per heavy atom. The van der Waals surface area contributed by atoms with Crippen LogP contribution in [-0.2, 0) is 0 Å². The molecule has 0 bridgehead atoms. The number of nitrogens with one attached hydrogen (secondary N) is 1. The topological polar surface area (TPSA) is 61.7 Å². The molecule has 0 amide bonds. The van der Waals surface area contributed by atoms with Crippen LogP contribution in [0.1, 0.15) is 21.5 Å². The quantitative estimate of drug-likeness (QED) is 0.686. The highest BCUT2D eigenvalue weighted by Crippen LogP contribution is 2.31. The van der Waals surface area contributed by atoms with Gasteiger partial charge in [0.2, 0.25) is 5.78 Å². The maximum absolute atomic E-state index is 12.9. The lowest BCUT2D eigenvalue weighted by molar-refractivity contribution is 0.106. The Hall–Kier alpha value is -3.66. The second kappa shape index (κ2) is 6.92. The number of nitrogens with zero attached hydrogens (tertiary/aromatic N) is 1. The number of ketones is 1. The van der Waals surface area contributed by atoms with Gasteiger partial charge in [0.15, 0.2) is 0 Å². The Labute approximate surface area is 157 Å². The van der Waals surface area contributed by atoms with E-state index in [0.717, 1.165) is 22.5 Å². The standard InChI is InChI=1S/C23H18N2O2/c1-15-11-12-19(22(26)13-15)25-21-14-20(24-16-7-3-2-4-8-16)17-9-5-6-10-18(17)23(21)27/h2-14,24,26H,1H3. The zero-order chi connectivity index (χ0) is 18.8. The number of benzene rings is 3. The summed E-state index contributed by atoms with van der Waals surface area (Å²) in [6.45, 7) is 1.89. The Morgan fingerprint density at radius 1 is 0.889 bits per heavy atom. The number of Topliss-reactive ketones (excluding diaryl/α,β-unsaturated/α-hetero) is 1. The van der Waals surface area contributed by atoms with Gasteiger partial charge < -0.3 is 10.4 Å². The number of para-hydroxylation sites is 1. The predicted octanol–water partition coefficient (Wildman–Crippen LogP) is 5.12. The Balaban J connectivity index is 1.81. The highest BCUT2D eigenvalue weighted by Gasteiger charge is 2.24. The Bertz CT molecular complexity index is 1080. The van der Waals surface area contributed by atoms with Gasteiger partial charge in [0.1, 0.15) is 17.1 Å². The number of hydrogen-bond acceptors (Lipinski definition) is 4. The molecule has 132 valence electrons. The summed E-state index contributed by atoms with van der Waals surface area (Å²) in [6.07, 6.45) is 1.73. The van der Waals surface area contributed by atoms with E-state index in [2.05, 4.69) is 10.3 Å². The van der Waals surface area contributed by atoms with Crippen LogP contribution in [0.3, 0.4) is 0 Å². The first-order valence-electron chi connectivity index (χ1n) is 8.68. The summed E-state index contributed by atoms with van der Waals surface area (Å²) in [6, 6.07) is 22.4. The van der Waals surface area contributed by atoms with Gasteiger partial charge in [-0.25, -0.2) is 4.99 Å². The molecule has 1 aliphatic carbocycles. The van der Waals surface area contributed by atoms with E-state index in [9.17, 15) is 9.90 Å². The van der Waals surface area contributed by atoms with Crippen molar-refractivity contribution in [3.63, 3.8) is 0 Å². The molecule has 3 aromatic rings. The van der Waals surface area contributed by atoms with Crippen LogP contribution in [0, 0.1) is 6.92 Å². The number of phenolic OH excluding ortho intramolecular Hbond substituents is 1. The van der Waals surface area contributed by atoms with Crippen LogP contribution in [0.15, 0.2) is 83.9 Å². The predicted molar refractivity (Wildman–Crippen MR) is 109 cm³/mol. The van der Waals surface area contributed by atoms with E-state index in [1.807, 2.05) is 61.5 Å². The van der Waals surface area contributed by atoms with Gasteiger partial charge in [-0.1, -0.05) is 48.5 Å². The van der Waals surface area contributed by atoms with Gasteiger partial charge in [0.25, 0.3) is 0 Å². The minimum Gasteiger partial charge on any atom is -0.506 e. The van der Waals surface area contributed by atoms with Crippen LogP contribution < -0.4 is 5.32 Å². The number of anilines is 1. The number of carbonyl (C=O) groups is 1. The summed E-state index contributed by atoms with van der Waals surface area (Å²) in [5.41, 5.74) is 4.72. The van der Waals surface area contributed by atoms with Crippen molar-refractivity contribution in [2.24, 2.45) is 4.99 Å². The first kappa shape index (κ1) is 16.8. The maximum Gasteiger partial charge on any atom is 0.212 e. The molecular weight excluding hydrogens is 336 g/mol. The van der Waals surface area contributed by atoms with Gasteiger partial charge in [-0.05, 0) is 42.8 Å². The molecule has 3 aromatic carbocycles. The lowest BCUT2D eigenvalue weighted by atomic mass is 9.92. The monoisotopic (exact) mass is 354 g/mol. The van der Waals surface area contributed by atoms with E-state index >= 15 is 0 Å². The number of allylic oxidation sites excluding steroid dienone is 1. The molecule has 0 unspecified atom stereocenters. The van der Waals surface area contributed by atoms with E-state index in [1.165, 1.54) is 0 Å². The number of aliphatic imine (C=N–C) groups is 1. The molecule has 0 spiro atoms. The van der Waals surface area contributed by atoms with Crippen molar-refractivity contribution >= 4 is 28.6 Å². The van der Waals surface area contributed by atoms with Crippen molar-refractivity contribution in [2.75, 3.05) is 5.32 Å². The summed E-state index contributed by atoms with van der Waals surface area (Å²) in [4.78, 5) is 17.3. The van der Waals surface area contributed by atoms with Gasteiger partial charge in [-0.15, -0.1) is 0 Å². The third-order valence-corrected chi connectivity index (χ3v) is 4.40. The SMILES string of the molecule is Cc1ccc(N=C2C=C(Nc3ccccc3)c3ccccc3C2=O)c(O)c1. The zero-order valence-electron chi connectivity index (χ0n) is 14.8. The fraction of sp³-hybridized carbons (Fsp3) is 0.0435. The Morgan fingerprint density at radius 3 is 2.33 bits per heavy atom. The summed E-state index contributed by atoms with van der Waals surface area (Å²) in [5, 5.41) is 13.5. The molecule has 0 saturated heterocycles. The first-order chi connectivity index (χ1) is 13.1. The minimum absolute atomic E-state index is 0.0557. The number of fused-ring (bicyclic) bond motifs is 1. The summed E-state index contributed by atoms with van der Waals surface area (Å²) in [5.74, 6) is -0.107. The number of carbonyl (C=O) groups excluding carboxylic acids is 1.